The van der Waals surface area contributed by atoms with Gasteiger partial charge in [0.05, 0.1) is 0 Å². The molecule has 1 aromatic rings. The summed E-state index contributed by atoms with van der Waals surface area (Å²) in [4.78, 5) is 0. The Hall–Kier alpha value is -0.770. The SMILES string of the molecule is CC(C)Cc1nnc(NS(=O)(=O)N2CCC(CO)CC2)s1. The molecule has 0 radical (unpaired) electrons. The van der Waals surface area contributed by atoms with Gasteiger partial charge in [-0.05, 0) is 24.7 Å². The van der Waals surface area contributed by atoms with Crippen LogP contribution in [0.2, 0.25) is 0 Å². The number of hydrogen-bond acceptors (Lipinski definition) is 6. The minimum atomic E-state index is -3.57. The number of nitrogens with one attached hydrogen (secondary N) is 1. The Morgan fingerprint density at radius 1 is 1.38 bits per heavy atom. The zero-order valence-corrected chi connectivity index (χ0v) is 14.0. The summed E-state index contributed by atoms with van der Waals surface area (Å²) >= 11 is 1.28. The molecule has 7 nitrogen and oxygen atoms in total. The lowest BCUT2D eigenvalue weighted by molar-refractivity contribution is 0.170. The van der Waals surface area contributed by atoms with Gasteiger partial charge in [0.15, 0.2) is 0 Å². The van der Waals surface area contributed by atoms with Crippen LogP contribution >= 0.6 is 11.3 Å². The molecule has 1 aliphatic heterocycles. The highest BCUT2D eigenvalue weighted by atomic mass is 32.2. The average molecular weight is 334 g/mol. The van der Waals surface area contributed by atoms with Gasteiger partial charge >= 0.3 is 10.2 Å². The van der Waals surface area contributed by atoms with Crippen molar-refractivity contribution < 1.29 is 13.5 Å². The van der Waals surface area contributed by atoms with Gasteiger partial charge in [0.1, 0.15) is 5.01 Å². The number of anilines is 1. The number of aliphatic hydroxyl groups is 1. The van der Waals surface area contributed by atoms with Crippen LogP contribution in [0.3, 0.4) is 0 Å². The van der Waals surface area contributed by atoms with Crippen LogP contribution in [0, 0.1) is 11.8 Å². The number of piperidine rings is 1. The van der Waals surface area contributed by atoms with E-state index in [0.717, 1.165) is 11.4 Å². The van der Waals surface area contributed by atoms with Crippen molar-refractivity contribution in [1.82, 2.24) is 14.5 Å². The standard InChI is InChI=1S/C12H22N4O3S2/c1-9(2)7-11-13-14-12(20-11)15-21(18,19)16-5-3-10(8-17)4-6-16/h9-10,17H,3-8H2,1-2H3,(H,14,15). The van der Waals surface area contributed by atoms with Crippen molar-refractivity contribution in [2.24, 2.45) is 11.8 Å². The molecule has 0 atom stereocenters. The number of hydrogen-bond donors (Lipinski definition) is 2. The lowest BCUT2D eigenvalue weighted by Crippen LogP contribution is -2.42. The summed E-state index contributed by atoms with van der Waals surface area (Å²) in [5, 5.41) is 18.1. The second-order valence-electron chi connectivity index (χ2n) is 5.73. The number of aromatic nitrogens is 2. The molecule has 0 saturated carbocycles. The Labute approximate surface area is 129 Å². The number of aliphatic hydroxyl groups excluding tert-OH is 1. The third-order valence-electron chi connectivity index (χ3n) is 3.44. The first-order valence-corrected chi connectivity index (χ1v) is 9.37. The molecule has 1 aromatic heterocycles. The smallest absolute Gasteiger partial charge is 0.303 e. The molecule has 120 valence electrons. The van der Waals surface area contributed by atoms with Crippen LogP contribution in [0.1, 0.15) is 31.7 Å². The van der Waals surface area contributed by atoms with E-state index in [1.165, 1.54) is 15.6 Å². The fraction of sp³-hybridized carbons (Fsp3) is 0.833. The summed E-state index contributed by atoms with van der Waals surface area (Å²) in [6.45, 7) is 5.14. The van der Waals surface area contributed by atoms with Crippen molar-refractivity contribution in [2.75, 3.05) is 24.4 Å². The Morgan fingerprint density at radius 2 is 2.05 bits per heavy atom. The van der Waals surface area contributed by atoms with Crippen molar-refractivity contribution in [2.45, 2.75) is 33.1 Å². The van der Waals surface area contributed by atoms with Crippen molar-refractivity contribution in [3.63, 3.8) is 0 Å². The molecular weight excluding hydrogens is 312 g/mol. The van der Waals surface area contributed by atoms with E-state index >= 15 is 0 Å². The van der Waals surface area contributed by atoms with Gasteiger partial charge in [-0.2, -0.15) is 12.7 Å². The molecule has 21 heavy (non-hydrogen) atoms. The summed E-state index contributed by atoms with van der Waals surface area (Å²) in [5.41, 5.74) is 0. The lowest BCUT2D eigenvalue weighted by atomic mass is 10.00. The van der Waals surface area contributed by atoms with Crippen molar-refractivity contribution >= 4 is 26.7 Å². The van der Waals surface area contributed by atoms with E-state index in [4.69, 9.17) is 5.11 Å². The van der Waals surface area contributed by atoms with E-state index in [9.17, 15) is 8.42 Å². The first-order valence-electron chi connectivity index (χ1n) is 7.12. The summed E-state index contributed by atoms with van der Waals surface area (Å²) in [6.07, 6.45) is 2.17. The van der Waals surface area contributed by atoms with Gasteiger partial charge < -0.3 is 5.11 Å². The van der Waals surface area contributed by atoms with Crippen molar-refractivity contribution in [3.05, 3.63) is 5.01 Å². The molecule has 2 rings (SSSR count). The second kappa shape index (κ2) is 6.99. The molecule has 0 aromatic carbocycles. The van der Waals surface area contributed by atoms with E-state index in [1.54, 1.807) is 0 Å². The predicted molar refractivity (Wildman–Crippen MR) is 82.4 cm³/mol. The zero-order chi connectivity index (χ0) is 15.5. The molecule has 2 N–H and O–H groups in total. The van der Waals surface area contributed by atoms with E-state index in [1.807, 2.05) is 0 Å². The third-order valence-corrected chi connectivity index (χ3v) is 5.92. The molecule has 0 spiro atoms. The minimum absolute atomic E-state index is 0.121. The Morgan fingerprint density at radius 3 is 2.62 bits per heavy atom. The molecule has 0 aliphatic carbocycles. The molecule has 0 amide bonds. The highest BCUT2D eigenvalue weighted by Gasteiger charge is 2.28. The molecule has 0 unspecified atom stereocenters. The van der Waals surface area contributed by atoms with Crippen molar-refractivity contribution in [3.8, 4) is 0 Å². The molecular formula is C12H22N4O3S2. The van der Waals surface area contributed by atoms with E-state index in [2.05, 4.69) is 28.8 Å². The van der Waals surface area contributed by atoms with Gasteiger partial charge in [-0.15, -0.1) is 10.2 Å². The highest BCUT2D eigenvalue weighted by Crippen LogP contribution is 2.23. The van der Waals surface area contributed by atoms with Crippen LogP contribution in [0.25, 0.3) is 0 Å². The normalized spacial score (nSPS) is 18.3. The van der Waals surface area contributed by atoms with Gasteiger partial charge in [-0.1, -0.05) is 25.2 Å². The third kappa shape index (κ3) is 4.60. The van der Waals surface area contributed by atoms with Gasteiger partial charge in [-0.25, -0.2) is 4.72 Å². The maximum absolute atomic E-state index is 12.3. The van der Waals surface area contributed by atoms with Crippen molar-refractivity contribution in [1.29, 1.82) is 0 Å². The summed E-state index contributed by atoms with van der Waals surface area (Å²) in [6, 6.07) is 0. The van der Waals surface area contributed by atoms with E-state index < -0.39 is 10.2 Å². The van der Waals surface area contributed by atoms with Crippen LogP contribution in [0.5, 0.6) is 0 Å². The van der Waals surface area contributed by atoms with Crippen LogP contribution in [-0.2, 0) is 16.6 Å². The van der Waals surface area contributed by atoms with Gasteiger partial charge in [0.2, 0.25) is 5.13 Å². The zero-order valence-electron chi connectivity index (χ0n) is 12.3. The molecule has 9 heteroatoms. The fourth-order valence-electron chi connectivity index (χ4n) is 2.23. The monoisotopic (exact) mass is 334 g/mol. The van der Waals surface area contributed by atoms with E-state index in [-0.39, 0.29) is 12.5 Å². The lowest BCUT2D eigenvalue weighted by Gasteiger charge is -2.29. The Bertz CT molecular complexity index is 551. The van der Waals surface area contributed by atoms with E-state index in [0.29, 0.717) is 37.0 Å². The molecule has 0 bridgehead atoms. The number of rotatable bonds is 6. The summed E-state index contributed by atoms with van der Waals surface area (Å²) in [7, 11) is -3.57. The van der Waals surface area contributed by atoms with Gasteiger partial charge in [0.25, 0.3) is 0 Å². The summed E-state index contributed by atoms with van der Waals surface area (Å²) in [5.74, 6) is 0.663. The topological polar surface area (TPSA) is 95.4 Å². The molecule has 2 heterocycles. The molecule has 1 fully saturated rings. The minimum Gasteiger partial charge on any atom is -0.396 e. The second-order valence-corrected chi connectivity index (χ2v) is 8.46. The maximum atomic E-state index is 12.3. The van der Waals surface area contributed by atoms with Crippen LogP contribution in [-0.4, -0.2) is 47.7 Å². The fourth-order valence-corrected chi connectivity index (χ4v) is 4.60. The first-order chi connectivity index (χ1) is 9.90. The molecule has 1 aliphatic rings. The van der Waals surface area contributed by atoms with Gasteiger partial charge in [0, 0.05) is 26.1 Å². The van der Waals surface area contributed by atoms with Crippen LogP contribution < -0.4 is 4.72 Å². The summed E-state index contributed by atoms with van der Waals surface area (Å²) < 4.78 is 28.4. The highest BCUT2D eigenvalue weighted by molar-refractivity contribution is 7.90. The average Bonchev–Trinajstić information content (AvgIpc) is 2.84. The first kappa shape index (κ1) is 16.6. The quantitative estimate of drug-likeness (QED) is 0.812. The maximum Gasteiger partial charge on any atom is 0.303 e. The van der Waals surface area contributed by atoms with Crippen LogP contribution in [0.15, 0.2) is 0 Å². The largest absolute Gasteiger partial charge is 0.396 e. The van der Waals surface area contributed by atoms with Crippen LogP contribution in [0.4, 0.5) is 5.13 Å². The molecule has 1 saturated heterocycles. The predicted octanol–water partition coefficient (Wildman–Crippen LogP) is 1.10. The Kier molecular flexibility index (Phi) is 5.53. The van der Waals surface area contributed by atoms with Gasteiger partial charge in [-0.3, -0.25) is 0 Å². The number of nitrogens with zero attached hydrogens (tertiary/aromatic N) is 3. The Balaban J connectivity index is 1.96.